The predicted molar refractivity (Wildman–Crippen MR) is 49.8 cm³/mol. The van der Waals surface area contributed by atoms with Gasteiger partial charge in [-0.2, -0.15) is 0 Å². The smallest absolute Gasteiger partial charge is 0.337 e. The Morgan fingerprint density at radius 1 is 1.07 bits per heavy atom. The molecule has 0 aliphatic heterocycles. The summed E-state index contributed by atoms with van der Waals surface area (Å²) in [5, 5.41) is 0. The van der Waals surface area contributed by atoms with Crippen LogP contribution in [0.2, 0.25) is 0 Å². The third kappa shape index (κ3) is 4.04. The molecule has 0 bridgehead atoms. The van der Waals surface area contributed by atoms with Gasteiger partial charge in [-0.05, 0) is 13.8 Å². The van der Waals surface area contributed by atoms with E-state index < -0.39 is 18.4 Å². The zero-order chi connectivity index (χ0) is 11.1. The molecule has 14 heavy (non-hydrogen) atoms. The molecule has 0 saturated heterocycles. The highest BCUT2D eigenvalue weighted by molar-refractivity contribution is 5.75. The quantitative estimate of drug-likeness (QED) is 0.470. The fourth-order valence-corrected chi connectivity index (χ4v) is 0.860. The van der Waals surface area contributed by atoms with Crippen molar-refractivity contribution in [2.45, 2.75) is 32.3 Å². The van der Waals surface area contributed by atoms with Crippen LogP contribution in [0.25, 0.3) is 0 Å². The molecule has 0 amide bonds. The fourth-order valence-electron chi connectivity index (χ4n) is 0.860. The van der Waals surface area contributed by atoms with Gasteiger partial charge in [0.25, 0.3) is 0 Å². The van der Waals surface area contributed by atoms with Crippen LogP contribution in [-0.2, 0) is 23.7 Å². The van der Waals surface area contributed by atoms with Crippen molar-refractivity contribution < 1.29 is 23.7 Å². The molecule has 0 N–H and O–H groups in total. The number of hydrogen-bond acceptors (Lipinski definition) is 5. The summed E-state index contributed by atoms with van der Waals surface area (Å²) in [6, 6.07) is 0. The number of esters is 1. The number of rotatable bonds is 6. The molecule has 3 unspecified atom stereocenters. The molecule has 0 fully saturated rings. The number of methoxy groups -OCH3 is 3. The van der Waals surface area contributed by atoms with E-state index in [9.17, 15) is 4.79 Å². The van der Waals surface area contributed by atoms with Crippen LogP contribution in [0.15, 0.2) is 0 Å². The van der Waals surface area contributed by atoms with Crippen LogP contribution >= 0.6 is 0 Å². The minimum atomic E-state index is -0.764. The molecule has 5 heteroatoms. The summed E-state index contributed by atoms with van der Waals surface area (Å²) in [4.78, 5) is 11.3. The second-order valence-electron chi connectivity index (χ2n) is 2.82. The van der Waals surface area contributed by atoms with Gasteiger partial charge in [0.1, 0.15) is 0 Å². The molecular formula is C9H18O5. The van der Waals surface area contributed by atoms with Crippen molar-refractivity contribution in [1.29, 1.82) is 0 Å². The van der Waals surface area contributed by atoms with E-state index in [1.807, 2.05) is 0 Å². The molecule has 84 valence electrons. The third-order valence-corrected chi connectivity index (χ3v) is 1.90. The van der Waals surface area contributed by atoms with Crippen LogP contribution < -0.4 is 0 Å². The summed E-state index contributed by atoms with van der Waals surface area (Å²) in [5.74, 6) is -0.469. The third-order valence-electron chi connectivity index (χ3n) is 1.90. The molecule has 0 spiro atoms. The average Bonchev–Trinajstić information content (AvgIpc) is 2.23. The molecule has 0 aromatic heterocycles. The van der Waals surface area contributed by atoms with Crippen LogP contribution in [0.1, 0.15) is 13.8 Å². The monoisotopic (exact) mass is 206 g/mol. The van der Waals surface area contributed by atoms with Crippen LogP contribution in [0.5, 0.6) is 0 Å². The summed E-state index contributed by atoms with van der Waals surface area (Å²) in [6.07, 6.45) is -1.61. The van der Waals surface area contributed by atoms with Gasteiger partial charge in [-0.15, -0.1) is 0 Å². The zero-order valence-electron chi connectivity index (χ0n) is 9.27. The van der Waals surface area contributed by atoms with Crippen molar-refractivity contribution in [3.63, 3.8) is 0 Å². The lowest BCUT2D eigenvalue weighted by Gasteiger charge is -2.23. The van der Waals surface area contributed by atoms with E-state index in [4.69, 9.17) is 14.2 Å². The molecule has 0 radical (unpaired) electrons. The van der Waals surface area contributed by atoms with Gasteiger partial charge in [-0.1, -0.05) is 0 Å². The van der Waals surface area contributed by atoms with E-state index in [1.54, 1.807) is 13.8 Å². The molecule has 5 nitrogen and oxygen atoms in total. The van der Waals surface area contributed by atoms with Gasteiger partial charge in [0, 0.05) is 14.2 Å². The molecular weight excluding hydrogens is 188 g/mol. The molecule has 0 aromatic rings. The maximum Gasteiger partial charge on any atom is 0.337 e. The van der Waals surface area contributed by atoms with Gasteiger partial charge >= 0.3 is 5.97 Å². The Hall–Kier alpha value is -0.650. The van der Waals surface area contributed by atoms with Crippen LogP contribution in [0, 0.1) is 0 Å². The van der Waals surface area contributed by atoms with E-state index in [-0.39, 0.29) is 6.10 Å². The molecule has 0 rings (SSSR count). The van der Waals surface area contributed by atoms with Crippen molar-refractivity contribution in [2.75, 3.05) is 21.3 Å². The maximum atomic E-state index is 11.3. The SMILES string of the molecule is COC(=O)C(OC(C)OC)C(C)OC. The van der Waals surface area contributed by atoms with Gasteiger partial charge in [-0.3, -0.25) is 0 Å². The van der Waals surface area contributed by atoms with E-state index in [0.29, 0.717) is 0 Å². The Morgan fingerprint density at radius 3 is 2.00 bits per heavy atom. The Labute approximate surface area is 84.3 Å². The van der Waals surface area contributed by atoms with E-state index >= 15 is 0 Å². The first kappa shape index (κ1) is 13.4. The van der Waals surface area contributed by atoms with Gasteiger partial charge in [0.2, 0.25) is 0 Å². The number of hydrogen-bond donors (Lipinski definition) is 0. The maximum absolute atomic E-state index is 11.3. The normalized spacial score (nSPS) is 17.2. The van der Waals surface area contributed by atoms with E-state index in [2.05, 4.69) is 4.74 Å². The lowest BCUT2D eigenvalue weighted by Crippen LogP contribution is -2.39. The summed E-state index contributed by atoms with van der Waals surface area (Å²) in [5.41, 5.74) is 0. The predicted octanol–water partition coefficient (Wildman–Crippen LogP) is 0.572. The van der Waals surface area contributed by atoms with Gasteiger partial charge in [0.15, 0.2) is 12.4 Å². The van der Waals surface area contributed by atoms with Crippen molar-refractivity contribution in [3.8, 4) is 0 Å². The summed E-state index contributed by atoms with van der Waals surface area (Å²) < 4.78 is 19.7. The lowest BCUT2D eigenvalue weighted by molar-refractivity contribution is -0.196. The first-order valence-corrected chi connectivity index (χ1v) is 4.35. The molecule has 0 aromatic carbocycles. The summed E-state index contributed by atoms with van der Waals surface area (Å²) >= 11 is 0. The molecule has 0 saturated carbocycles. The zero-order valence-corrected chi connectivity index (χ0v) is 9.27. The first-order chi connectivity index (χ1) is 6.56. The van der Waals surface area contributed by atoms with E-state index in [0.717, 1.165) is 0 Å². The Kier molecular flexibility index (Phi) is 6.44. The number of carbonyl (C=O) groups excluding carboxylic acids is 1. The Morgan fingerprint density at radius 2 is 1.64 bits per heavy atom. The largest absolute Gasteiger partial charge is 0.467 e. The Bertz CT molecular complexity index is 171. The standard InChI is InChI=1S/C9H18O5/c1-6(11-3)8(9(10)13-5)14-7(2)12-4/h6-8H,1-5H3. The Balaban J connectivity index is 4.31. The van der Waals surface area contributed by atoms with Crippen LogP contribution in [0.4, 0.5) is 0 Å². The first-order valence-electron chi connectivity index (χ1n) is 4.35. The molecule has 0 aliphatic carbocycles. The molecule has 0 heterocycles. The highest BCUT2D eigenvalue weighted by Gasteiger charge is 2.28. The van der Waals surface area contributed by atoms with Crippen LogP contribution in [0.3, 0.4) is 0 Å². The topological polar surface area (TPSA) is 54.0 Å². The van der Waals surface area contributed by atoms with Crippen molar-refractivity contribution in [3.05, 3.63) is 0 Å². The highest BCUT2D eigenvalue weighted by Crippen LogP contribution is 2.08. The van der Waals surface area contributed by atoms with Crippen molar-refractivity contribution in [1.82, 2.24) is 0 Å². The van der Waals surface area contributed by atoms with Gasteiger partial charge in [-0.25, -0.2) is 4.79 Å². The summed E-state index contributed by atoms with van der Waals surface area (Å²) in [6.45, 7) is 3.42. The fraction of sp³-hybridized carbons (Fsp3) is 0.889. The second-order valence-corrected chi connectivity index (χ2v) is 2.82. The van der Waals surface area contributed by atoms with Crippen LogP contribution in [-0.4, -0.2) is 45.8 Å². The van der Waals surface area contributed by atoms with Gasteiger partial charge in [0.05, 0.1) is 13.2 Å². The molecule has 0 aliphatic rings. The van der Waals surface area contributed by atoms with Gasteiger partial charge < -0.3 is 18.9 Å². The summed E-state index contributed by atoms with van der Waals surface area (Å²) in [7, 11) is 4.30. The highest BCUT2D eigenvalue weighted by atomic mass is 16.7. The number of ether oxygens (including phenoxy) is 4. The average molecular weight is 206 g/mol. The lowest BCUT2D eigenvalue weighted by atomic mass is 10.2. The number of carbonyl (C=O) groups is 1. The second kappa shape index (κ2) is 6.75. The minimum Gasteiger partial charge on any atom is -0.467 e. The van der Waals surface area contributed by atoms with E-state index in [1.165, 1.54) is 21.3 Å². The molecule has 3 atom stereocenters. The minimum absolute atomic E-state index is 0.375. The van der Waals surface area contributed by atoms with Crippen molar-refractivity contribution >= 4 is 5.97 Å². The van der Waals surface area contributed by atoms with Crippen molar-refractivity contribution in [2.24, 2.45) is 0 Å².